The quantitative estimate of drug-likeness (QED) is 0.783. The Balaban J connectivity index is 2.62. The number of rotatable bonds is 4. The fourth-order valence-corrected chi connectivity index (χ4v) is 1.27. The van der Waals surface area contributed by atoms with Crippen LogP contribution in [0.4, 0.5) is 5.69 Å². The van der Waals surface area contributed by atoms with E-state index in [9.17, 15) is 4.79 Å². The van der Waals surface area contributed by atoms with Gasteiger partial charge in [0, 0.05) is 18.1 Å². The number of aliphatic hydroxyl groups excluding tert-OH is 1. The van der Waals surface area contributed by atoms with Gasteiger partial charge in [-0.1, -0.05) is 13.8 Å². The van der Waals surface area contributed by atoms with E-state index < -0.39 is 0 Å². The molecule has 1 rings (SSSR count). The lowest BCUT2D eigenvalue weighted by Gasteiger charge is -2.17. The normalized spacial score (nSPS) is 12.5. The Morgan fingerprint density at radius 2 is 2.07 bits per heavy atom. The summed E-state index contributed by atoms with van der Waals surface area (Å²) in [6.07, 6.45) is 3.22. The Hall–Kier alpha value is -1.42. The van der Waals surface area contributed by atoms with Crippen LogP contribution in [0.25, 0.3) is 0 Å². The monoisotopic (exact) mass is 208 g/mol. The van der Waals surface area contributed by atoms with Crippen LogP contribution in [0.5, 0.6) is 0 Å². The molecule has 0 radical (unpaired) electrons. The minimum atomic E-state index is -0.363. The molecule has 1 unspecified atom stereocenters. The van der Waals surface area contributed by atoms with E-state index in [0.29, 0.717) is 5.69 Å². The summed E-state index contributed by atoms with van der Waals surface area (Å²) in [5.41, 5.74) is 0.703. The first-order valence-corrected chi connectivity index (χ1v) is 4.97. The summed E-state index contributed by atoms with van der Waals surface area (Å²) in [6.45, 7) is 3.69. The third kappa shape index (κ3) is 3.32. The molecule has 1 atom stereocenters. The molecule has 1 aromatic rings. The highest BCUT2D eigenvalue weighted by Gasteiger charge is 2.20. The summed E-state index contributed by atoms with van der Waals surface area (Å²) < 4.78 is 0. The van der Waals surface area contributed by atoms with Gasteiger partial charge in [-0.15, -0.1) is 0 Å². The standard InChI is InChI=1S/C11H16N2O2/c1-8(2)10(7-14)11(15)13-9-3-5-12-6-4-9/h3-6,8,10,14H,7H2,1-2H3,(H,12,13,15). The number of hydrogen-bond donors (Lipinski definition) is 2. The molecular weight excluding hydrogens is 192 g/mol. The van der Waals surface area contributed by atoms with Crippen LogP contribution in [0.15, 0.2) is 24.5 Å². The third-order valence-electron chi connectivity index (χ3n) is 2.29. The molecule has 0 saturated heterocycles. The van der Waals surface area contributed by atoms with Gasteiger partial charge in [-0.25, -0.2) is 0 Å². The highest BCUT2D eigenvalue weighted by atomic mass is 16.3. The van der Waals surface area contributed by atoms with Gasteiger partial charge >= 0.3 is 0 Å². The van der Waals surface area contributed by atoms with Gasteiger partial charge in [-0.2, -0.15) is 0 Å². The van der Waals surface area contributed by atoms with Crippen molar-refractivity contribution in [3.63, 3.8) is 0 Å². The van der Waals surface area contributed by atoms with E-state index in [4.69, 9.17) is 5.11 Å². The number of hydrogen-bond acceptors (Lipinski definition) is 3. The third-order valence-corrected chi connectivity index (χ3v) is 2.29. The maximum Gasteiger partial charge on any atom is 0.230 e. The summed E-state index contributed by atoms with van der Waals surface area (Å²) in [4.78, 5) is 15.5. The number of nitrogens with zero attached hydrogens (tertiary/aromatic N) is 1. The van der Waals surface area contributed by atoms with Gasteiger partial charge in [-0.3, -0.25) is 9.78 Å². The number of nitrogens with one attached hydrogen (secondary N) is 1. The first-order valence-electron chi connectivity index (χ1n) is 4.97. The predicted molar refractivity (Wildman–Crippen MR) is 58.3 cm³/mol. The van der Waals surface area contributed by atoms with Crippen LogP contribution in [0, 0.1) is 11.8 Å². The number of carbonyl (C=O) groups is 1. The van der Waals surface area contributed by atoms with Crippen LogP contribution < -0.4 is 5.32 Å². The molecule has 0 bridgehead atoms. The highest BCUT2D eigenvalue weighted by molar-refractivity contribution is 5.92. The smallest absolute Gasteiger partial charge is 0.230 e. The Morgan fingerprint density at radius 3 is 2.53 bits per heavy atom. The van der Waals surface area contributed by atoms with E-state index >= 15 is 0 Å². The van der Waals surface area contributed by atoms with Crippen molar-refractivity contribution in [3.8, 4) is 0 Å². The van der Waals surface area contributed by atoms with Crippen molar-refractivity contribution in [1.29, 1.82) is 0 Å². The maximum absolute atomic E-state index is 11.7. The van der Waals surface area contributed by atoms with E-state index in [1.165, 1.54) is 0 Å². The molecule has 4 nitrogen and oxygen atoms in total. The molecule has 0 fully saturated rings. The first kappa shape index (κ1) is 11.7. The number of aliphatic hydroxyl groups is 1. The number of carbonyl (C=O) groups excluding carboxylic acids is 1. The molecular formula is C11H16N2O2. The zero-order valence-corrected chi connectivity index (χ0v) is 8.97. The minimum Gasteiger partial charge on any atom is -0.396 e. The van der Waals surface area contributed by atoms with Crippen molar-refractivity contribution in [2.45, 2.75) is 13.8 Å². The lowest BCUT2D eigenvalue weighted by molar-refractivity contribution is -0.122. The maximum atomic E-state index is 11.7. The Labute approximate surface area is 89.3 Å². The second-order valence-corrected chi connectivity index (χ2v) is 3.76. The molecule has 0 aromatic carbocycles. The average molecular weight is 208 g/mol. The van der Waals surface area contributed by atoms with Crippen molar-refractivity contribution in [3.05, 3.63) is 24.5 Å². The second-order valence-electron chi connectivity index (χ2n) is 3.76. The lowest BCUT2D eigenvalue weighted by atomic mass is 9.96. The van der Waals surface area contributed by atoms with Crippen LogP contribution in [0.3, 0.4) is 0 Å². The highest BCUT2D eigenvalue weighted by Crippen LogP contribution is 2.13. The minimum absolute atomic E-state index is 0.122. The molecule has 1 amide bonds. The molecule has 4 heteroatoms. The first-order chi connectivity index (χ1) is 7.15. The Bertz CT molecular complexity index is 312. The SMILES string of the molecule is CC(C)C(CO)C(=O)Nc1ccncc1. The largest absolute Gasteiger partial charge is 0.396 e. The Morgan fingerprint density at radius 1 is 1.47 bits per heavy atom. The molecule has 0 aliphatic rings. The number of anilines is 1. The number of pyridine rings is 1. The molecule has 0 aliphatic heterocycles. The van der Waals surface area contributed by atoms with Crippen molar-refractivity contribution < 1.29 is 9.90 Å². The van der Waals surface area contributed by atoms with Crippen LogP contribution >= 0.6 is 0 Å². The summed E-state index contributed by atoms with van der Waals surface area (Å²) in [5, 5.41) is 11.8. The predicted octanol–water partition coefficient (Wildman–Crippen LogP) is 1.28. The summed E-state index contributed by atoms with van der Waals surface area (Å²) in [5.74, 6) is -0.395. The molecule has 1 aromatic heterocycles. The lowest BCUT2D eigenvalue weighted by Crippen LogP contribution is -2.29. The molecule has 1 heterocycles. The summed E-state index contributed by atoms with van der Waals surface area (Å²) in [7, 11) is 0. The van der Waals surface area contributed by atoms with Crippen molar-refractivity contribution in [1.82, 2.24) is 4.98 Å². The zero-order chi connectivity index (χ0) is 11.3. The zero-order valence-electron chi connectivity index (χ0n) is 8.97. The summed E-state index contributed by atoms with van der Waals surface area (Å²) in [6, 6.07) is 3.43. The van der Waals surface area contributed by atoms with Gasteiger partial charge in [0.2, 0.25) is 5.91 Å². The molecule has 2 N–H and O–H groups in total. The van der Waals surface area contributed by atoms with Gasteiger partial charge in [-0.05, 0) is 18.1 Å². The van der Waals surface area contributed by atoms with Crippen LogP contribution in [0.1, 0.15) is 13.8 Å². The topological polar surface area (TPSA) is 62.2 Å². The van der Waals surface area contributed by atoms with Gasteiger partial charge in [0.25, 0.3) is 0 Å². The fraction of sp³-hybridized carbons (Fsp3) is 0.455. The Kier molecular flexibility index (Phi) is 4.24. The van der Waals surface area contributed by atoms with Gasteiger partial charge < -0.3 is 10.4 Å². The van der Waals surface area contributed by atoms with Gasteiger partial charge in [0.05, 0.1) is 12.5 Å². The van der Waals surface area contributed by atoms with Crippen molar-refractivity contribution >= 4 is 11.6 Å². The van der Waals surface area contributed by atoms with Crippen molar-refractivity contribution in [2.24, 2.45) is 11.8 Å². The number of amides is 1. The van der Waals surface area contributed by atoms with E-state index in [0.717, 1.165) is 0 Å². The van der Waals surface area contributed by atoms with E-state index in [-0.39, 0.29) is 24.3 Å². The van der Waals surface area contributed by atoms with Crippen LogP contribution in [-0.4, -0.2) is 22.6 Å². The van der Waals surface area contributed by atoms with Gasteiger partial charge in [0.1, 0.15) is 0 Å². The van der Waals surface area contributed by atoms with E-state index in [1.54, 1.807) is 24.5 Å². The van der Waals surface area contributed by atoms with E-state index in [1.807, 2.05) is 13.8 Å². The summed E-state index contributed by atoms with van der Waals surface area (Å²) >= 11 is 0. The second kappa shape index (κ2) is 5.46. The van der Waals surface area contributed by atoms with E-state index in [2.05, 4.69) is 10.3 Å². The molecule has 0 aliphatic carbocycles. The molecule has 82 valence electrons. The number of aromatic nitrogens is 1. The fourth-order valence-electron chi connectivity index (χ4n) is 1.27. The van der Waals surface area contributed by atoms with Gasteiger partial charge in [0.15, 0.2) is 0 Å². The average Bonchev–Trinajstić information content (AvgIpc) is 2.19. The van der Waals surface area contributed by atoms with Crippen LogP contribution in [-0.2, 0) is 4.79 Å². The molecule has 0 spiro atoms. The molecule has 0 saturated carbocycles. The molecule has 15 heavy (non-hydrogen) atoms. The van der Waals surface area contributed by atoms with Crippen LogP contribution in [0.2, 0.25) is 0 Å². The van der Waals surface area contributed by atoms with Crippen molar-refractivity contribution in [2.75, 3.05) is 11.9 Å².